The van der Waals surface area contributed by atoms with Crippen LogP contribution in [0.1, 0.15) is 13.3 Å². The van der Waals surface area contributed by atoms with Gasteiger partial charge in [0, 0.05) is 12.5 Å². The van der Waals surface area contributed by atoms with Crippen LogP contribution in [0.25, 0.3) is 0 Å². The van der Waals surface area contributed by atoms with E-state index in [0.29, 0.717) is 13.0 Å². The number of hydrogen-bond donors (Lipinski definition) is 1. The van der Waals surface area contributed by atoms with Gasteiger partial charge in [-0.25, -0.2) is 0 Å². The summed E-state index contributed by atoms with van der Waals surface area (Å²) >= 11 is 0. The van der Waals surface area contributed by atoms with Crippen LogP contribution in [0, 0.1) is 5.92 Å². The highest BCUT2D eigenvalue weighted by Gasteiger charge is 2.46. The van der Waals surface area contributed by atoms with Crippen molar-refractivity contribution in [1.82, 2.24) is 5.32 Å². The largest absolute Gasteiger partial charge is 0.351 e. The first-order valence-electron chi connectivity index (χ1n) is 3.21. The third-order valence-electron chi connectivity index (χ3n) is 1.78. The molecule has 1 aliphatic rings. The summed E-state index contributed by atoms with van der Waals surface area (Å²) in [4.78, 5) is 10.5. The van der Waals surface area contributed by atoms with E-state index in [1.807, 2.05) is 0 Å². The normalized spacial score (nSPS) is 31.5. The lowest BCUT2D eigenvalue weighted by molar-refractivity contribution is -0.157. The molecular weight excluding hydrogens is 140 g/mol. The molecule has 2 nitrogen and oxygen atoms in total. The molecule has 1 aliphatic heterocycles. The fourth-order valence-corrected chi connectivity index (χ4v) is 0.925. The number of nitrogens with one attached hydrogen (secondary N) is 1. The molecule has 0 aromatic carbocycles. The molecule has 0 bridgehead atoms. The molecule has 58 valence electrons. The minimum atomic E-state index is -3.15. The lowest BCUT2D eigenvalue weighted by Crippen LogP contribution is -2.50. The van der Waals surface area contributed by atoms with E-state index in [9.17, 15) is 13.6 Å². The summed E-state index contributed by atoms with van der Waals surface area (Å²) in [6.45, 7) is 1.76. The molecule has 4 heteroatoms. The van der Waals surface area contributed by atoms with E-state index in [-0.39, 0.29) is 0 Å². The van der Waals surface area contributed by atoms with Crippen molar-refractivity contribution in [2.75, 3.05) is 6.54 Å². The van der Waals surface area contributed by atoms with Gasteiger partial charge in [-0.3, -0.25) is 4.79 Å². The van der Waals surface area contributed by atoms with Gasteiger partial charge in [0.05, 0.1) is 0 Å². The molecule has 10 heavy (non-hydrogen) atoms. The number of piperidine rings is 1. The summed E-state index contributed by atoms with van der Waals surface area (Å²) in [5.41, 5.74) is 0. The van der Waals surface area contributed by atoms with Crippen LogP contribution < -0.4 is 5.32 Å². The van der Waals surface area contributed by atoms with Crippen molar-refractivity contribution in [2.45, 2.75) is 19.3 Å². The molecule has 0 aromatic rings. The molecule has 0 saturated carbocycles. The van der Waals surface area contributed by atoms with Crippen LogP contribution in [-0.2, 0) is 4.79 Å². The van der Waals surface area contributed by atoms with Crippen LogP contribution in [0.4, 0.5) is 8.78 Å². The van der Waals surface area contributed by atoms with E-state index < -0.39 is 17.7 Å². The lowest BCUT2D eigenvalue weighted by atomic mass is 9.96. The monoisotopic (exact) mass is 149 g/mol. The van der Waals surface area contributed by atoms with Crippen LogP contribution >= 0.6 is 0 Å². The molecule has 0 aromatic heterocycles. The topological polar surface area (TPSA) is 29.1 Å². The summed E-state index contributed by atoms with van der Waals surface area (Å²) in [6.07, 6.45) is 0.360. The Morgan fingerprint density at radius 3 is 2.70 bits per heavy atom. The van der Waals surface area contributed by atoms with Crippen LogP contribution in [0.2, 0.25) is 0 Å². The van der Waals surface area contributed by atoms with Gasteiger partial charge in [0.25, 0.3) is 5.91 Å². The summed E-state index contributed by atoms with van der Waals surface area (Å²) in [5.74, 6) is -5.11. The fraction of sp³-hybridized carbons (Fsp3) is 0.833. The van der Waals surface area contributed by atoms with Gasteiger partial charge in [-0.2, -0.15) is 8.78 Å². The van der Waals surface area contributed by atoms with Crippen molar-refractivity contribution in [3.8, 4) is 0 Å². The van der Waals surface area contributed by atoms with Crippen molar-refractivity contribution in [1.29, 1.82) is 0 Å². The highest BCUT2D eigenvalue weighted by molar-refractivity contribution is 5.84. The fourth-order valence-electron chi connectivity index (χ4n) is 0.925. The number of rotatable bonds is 0. The number of hydrogen-bond acceptors (Lipinski definition) is 1. The van der Waals surface area contributed by atoms with Gasteiger partial charge < -0.3 is 5.32 Å². The van der Waals surface area contributed by atoms with E-state index in [1.165, 1.54) is 6.92 Å². The third kappa shape index (κ3) is 0.978. The first-order valence-corrected chi connectivity index (χ1v) is 3.21. The van der Waals surface area contributed by atoms with Gasteiger partial charge in [0.15, 0.2) is 0 Å². The highest BCUT2D eigenvalue weighted by Crippen LogP contribution is 2.29. The van der Waals surface area contributed by atoms with E-state index in [1.54, 1.807) is 0 Å². The maximum atomic E-state index is 12.6. The predicted molar refractivity (Wildman–Crippen MR) is 31.7 cm³/mol. The lowest BCUT2D eigenvalue weighted by Gasteiger charge is -2.27. The number of carbonyl (C=O) groups excluding carboxylic acids is 1. The second kappa shape index (κ2) is 2.18. The molecule has 1 saturated heterocycles. The van der Waals surface area contributed by atoms with E-state index >= 15 is 0 Å². The van der Waals surface area contributed by atoms with Gasteiger partial charge >= 0.3 is 5.92 Å². The standard InChI is InChI=1S/C6H9F2NO/c1-4-2-3-9-5(10)6(4,7)8/h4H,2-3H2,1H3,(H,9,10). The summed E-state index contributed by atoms with van der Waals surface area (Å²) in [5, 5.41) is 2.11. The van der Waals surface area contributed by atoms with Crippen molar-refractivity contribution in [3.05, 3.63) is 0 Å². The number of alkyl halides is 2. The summed E-state index contributed by atoms with van der Waals surface area (Å²) < 4.78 is 25.2. The smallest absolute Gasteiger partial charge is 0.327 e. The number of carbonyl (C=O) groups is 1. The zero-order valence-electron chi connectivity index (χ0n) is 5.66. The van der Waals surface area contributed by atoms with Crippen molar-refractivity contribution >= 4 is 5.91 Å². The predicted octanol–water partition coefficient (Wildman–Crippen LogP) is 0.778. The van der Waals surface area contributed by atoms with E-state index in [0.717, 1.165) is 0 Å². The van der Waals surface area contributed by atoms with E-state index in [2.05, 4.69) is 5.32 Å². The molecular formula is C6H9F2NO. The Balaban J connectivity index is 2.73. The zero-order chi connectivity index (χ0) is 7.78. The maximum absolute atomic E-state index is 12.6. The van der Waals surface area contributed by atoms with Gasteiger partial charge in [-0.1, -0.05) is 6.92 Å². The summed E-state index contributed by atoms with van der Waals surface area (Å²) in [6, 6.07) is 0. The van der Waals surface area contributed by atoms with Gasteiger partial charge in [-0.05, 0) is 6.42 Å². The second-order valence-corrected chi connectivity index (χ2v) is 2.57. The first kappa shape index (κ1) is 7.44. The average Bonchev–Trinajstić information content (AvgIpc) is 1.84. The molecule has 1 atom stereocenters. The SMILES string of the molecule is CC1CCNC(=O)C1(F)F. The highest BCUT2D eigenvalue weighted by atomic mass is 19.3. The molecule has 1 amide bonds. The molecule has 1 fully saturated rings. The van der Waals surface area contributed by atoms with Gasteiger partial charge in [-0.15, -0.1) is 0 Å². The average molecular weight is 149 g/mol. The Labute approximate surface area is 57.6 Å². The van der Waals surface area contributed by atoms with Crippen LogP contribution in [0.15, 0.2) is 0 Å². The van der Waals surface area contributed by atoms with Crippen molar-refractivity contribution in [3.63, 3.8) is 0 Å². The minimum Gasteiger partial charge on any atom is -0.351 e. The maximum Gasteiger partial charge on any atom is 0.327 e. The quantitative estimate of drug-likeness (QED) is 0.541. The number of amides is 1. The minimum absolute atomic E-state index is 0.360. The van der Waals surface area contributed by atoms with E-state index in [4.69, 9.17) is 0 Å². The molecule has 0 spiro atoms. The first-order chi connectivity index (χ1) is 4.55. The molecule has 0 aliphatic carbocycles. The Kier molecular flexibility index (Phi) is 1.62. The Bertz CT molecular complexity index is 158. The van der Waals surface area contributed by atoms with Gasteiger partial charge in [0.1, 0.15) is 0 Å². The molecule has 0 radical (unpaired) electrons. The van der Waals surface area contributed by atoms with Crippen molar-refractivity contribution < 1.29 is 13.6 Å². The second-order valence-electron chi connectivity index (χ2n) is 2.57. The van der Waals surface area contributed by atoms with Gasteiger partial charge in [0.2, 0.25) is 0 Å². The summed E-state index contributed by atoms with van der Waals surface area (Å²) in [7, 11) is 0. The zero-order valence-corrected chi connectivity index (χ0v) is 5.66. The van der Waals surface area contributed by atoms with Crippen LogP contribution in [0.5, 0.6) is 0 Å². The molecule has 1 heterocycles. The van der Waals surface area contributed by atoms with Crippen LogP contribution in [0.3, 0.4) is 0 Å². The van der Waals surface area contributed by atoms with Crippen molar-refractivity contribution in [2.24, 2.45) is 5.92 Å². The molecule has 1 rings (SSSR count). The molecule has 1 unspecified atom stereocenters. The Morgan fingerprint density at radius 2 is 2.30 bits per heavy atom. The van der Waals surface area contributed by atoms with Crippen LogP contribution in [-0.4, -0.2) is 18.4 Å². The number of halogens is 2. The Hall–Kier alpha value is -0.670. The Morgan fingerprint density at radius 1 is 1.70 bits per heavy atom. The molecule has 1 N–H and O–H groups in total. The third-order valence-corrected chi connectivity index (χ3v) is 1.78.